The van der Waals surface area contributed by atoms with Crippen LogP contribution < -0.4 is 5.32 Å². The number of hydrogen-bond acceptors (Lipinski definition) is 2. The summed E-state index contributed by atoms with van der Waals surface area (Å²) in [5.74, 6) is 0. The van der Waals surface area contributed by atoms with Gasteiger partial charge in [0.15, 0.2) is 0 Å². The van der Waals surface area contributed by atoms with Crippen LogP contribution in [0.15, 0.2) is 52.3 Å². The molecule has 0 heterocycles. The number of rotatable bonds is 5. The summed E-state index contributed by atoms with van der Waals surface area (Å²) >= 11 is 7.72. The standard InChI is InChI=1S/C17H20ClNS/c1-12(2)19-11-14-10-13(3)4-9-17(14)20-16-7-5-15(18)6-8-16/h4-10,12,19H,11H2,1-3H3. The Balaban J connectivity index is 2.19. The average Bonchev–Trinajstić information content (AvgIpc) is 2.41. The van der Waals surface area contributed by atoms with Crippen LogP contribution in [0.4, 0.5) is 0 Å². The Morgan fingerprint density at radius 3 is 2.45 bits per heavy atom. The maximum Gasteiger partial charge on any atom is 0.0406 e. The van der Waals surface area contributed by atoms with Gasteiger partial charge in [-0.3, -0.25) is 0 Å². The molecule has 0 saturated heterocycles. The predicted octanol–water partition coefficient (Wildman–Crippen LogP) is 5.30. The van der Waals surface area contributed by atoms with Crippen molar-refractivity contribution in [3.05, 3.63) is 58.6 Å². The summed E-state index contributed by atoms with van der Waals surface area (Å²) in [6.45, 7) is 7.37. The van der Waals surface area contributed by atoms with Gasteiger partial charge in [-0.1, -0.05) is 54.9 Å². The number of benzene rings is 2. The van der Waals surface area contributed by atoms with Crippen molar-refractivity contribution in [1.29, 1.82) is 0 Å². The van der Waals surface area contributed by atoms with Crippen molar-refractivity contribution >= 4 is 23.4 Å². The van der Waals surface area contributed by atoms with Crippen LogP contribution in [0.5, 0.6) is 0 Å². The lowest BCUT2D eigenvalue weighted by Gasteiger charge is -2.13. The topological polar surface area (TPSA) is 12.0 Å². The third-order valence-electron chi connectivity index (χ3n) is 2.96. The maximum atomic E-state index is 5.93. The number of hydrogen-bond donors (Lipinski definition) is 1. The molecule has 0 aliphatic heterocycles. The Kier molecular flexibility index (Phi) is 5.53. The minimum atomic E-state index is 0.490. The van der Waals surface area contributed by atoms with Crippen molar-refractivity contribution in [2.45, 2.75) is 43.1 Å². The predicted molar refractivity (Wildman–Crippen MR) is 88.7 cm³/mol. The van der Waals surface area contributed by atoms with Crippen LogP contribution in [0.3, 0.4) is 0 Å². The molecule has 0 aliphatic carbocycles. The van der Waals surface area contributed by atoms with Crippen LogP contribution in [0, 0.1) is 6.92 Å². The van der Waals surface area contributed by atoms with E-state index in [0.717, 1.165) is 11.6 Å². The minimum absolute atomic E-state index is 0.490. The smallest absolute Gasteiger partial charge is 0.0406 e. The lowest BCUT2D eigenvalue weighted by atomic mass is 10.1. The van der Waals surface area contributed by atoms with E-state index in [0.29, 0.717) is 6.04 Å². The molecule has 0 aliphatic rings. The van der Waals surface area contributed by atoms with Gasteiger partial charge >= 0.3 is 0 Å². The molecule has 2 rings (SSSR count). The lowest BCUT2D eigenvalue weighted by molar-refractivity contribution is 0.584. The molecule has 0 spiro atoms. The van der Waals surface area contributed by atoms with E-state index < -0.39 is 0 Å². The van der Waals surface area contributed by atoms with Gasteiger partial charge in [0.05, 0.1) is 0 Å². The summed E-state index contributed by atoms with van der Waals surface area (Å²) in [7, 11) is 0. The lowest BCUT2D eigenvalue weighted by Crippen LogP contribution is -2.22. The van der Waals surface area contributed by atoms with Crippen LogP contribution in [0.2, 0.25) is 5.02 Å². The van der Waals surface area contributed by atoms with Crippen LogP contribution in [0.25, 0.3) is 0 Å². The summed E-state index contributed by atoms with van der Waals surface area (Å²) in [5, 5.41) is 4.27. The van der Waals surface area contributed by atoms with Gasteiger partial charge in [0.25, 0.3) is 0 Å². The fourth-order valence-electron chi connectivity index (χ4n) is 1.89. The van der Waals surface area contributed by atoms with Crippen molar-refractivity contribution in [1.82, 2.24) is 5.32 Å². The zero-order valence-corrected chi connectivity index (χ0v) is 13.7. The molecular formula is C17H20ClNS. The SMILES string of the molecule is Cc1ccc(Sc2ccc(Cl)cc2)c(CNC(C)C)c1. The van der Waals surface area contributed by atoms with E-state index in [9.17, 15) is 0 Å². The molecule has 106 valence electrons. The van der Waals surface area contributed by atoms with Crippen molar-refractivity contribution in [2.24, 2.45) is 0 Å². The minimum Gasteiger partial charge on any atom is -0.310 e. The van der Waals surface area contributed by atoms with Gasteiger partial charge in [0.2, 0.25) is 0 Å². The molecule has 1 N–H and O–H groups in total. The van der Waals surface area contributed by atoms with Gasteiger partial charge in [-0.05, 0) is 42.8 Å². The van der Waals surface area contributed by atoms with Gasteiger partial charge in [-0.15, -0.1) is 0 Å². The van der Waals surface area contributed by atoms with Crippen molar-refractivity contribution < 1.29 is 0 Å². The third kappa shape index (κ3) is 4.55. The molecule has 0 atom stereocenters. The molecule has 0 radical (unpaired) electrons. The van der Waals surface area contributed by atoms with Crippen molar-refractivity contribution in [3.8, 4) is 0 Å². The highest BCUT2D eigenvalue weighted by atomic mass is 35.5. The molecule has 2 aromatic rings. The molecule has 0 amide bonds. The monoisotopic (exact) mass is 305 g/mol. The van der Waals surface area contributed by atoms with Crippen LogP contribution in [-0.2, 0) is 6.54 Å². The highest BCUT2D eigenvalue weighted by Gasteiger charge is 2.06. The third-order valence-corrected chi connectivity index (χ3v) is 4.34. The van der Waals surface area contributed by atoms with Crippen LogP contribution >= 0.6 is 23.4 Å². The first-order valence-corrected chi connectivity index (χ1v) is 8.00. The van der Waals surface area contributed by atoms with Gasteiger partial charge in [-0.2, -0.15) is 0 Å². The summed E-state index contributed by atoms with van der Waals surface area (Å²) in [4.78, 5) is 2.51. The van der Waals surface area contributed by atoms with E-state index in [4.69, 9.17) is 11.6 Å². The summed E-state index contributed by atoms with van der Waals surface area (Å²) < 4.78 is 0. The highest BCUT2D eigenvalue weighted by Crippen LogP contribution is 2.31. The first-order chi connectivity index (χ1) is 9.54. The summed E-state index contributed by atoms with van der Waals surface area (Å²) in [5.41, 5.74) is 2.64. The second-order valence-electron chi connectivity index (χ2n) is 5.20. The van der Waals surface area contributed by atoms with E-state index in [-0.39, 0.29) is 0 Å². The normalized spacial score (nSPS) is 11.1. The zero-order chi connectivity index (χ0) is 14.5. The quantitative estimate of drug-likeness (QED) is 0.804. The first-order valence-electron chi connectivity index (χ1n) is 6.81. The van der Waals surface area contributed by atoms with Crippen molar-refractivity contribution in [2.75, 3.05) is 0 Å². The maximum absolute atomic E-state index is 5.93. The van der Waals surface area contributed by atoms with Crippen molar-refractivity contribution in [3.63, 3.8) is 0 Å². The second kappa shape index (κ2) is 7.16. The van der Waals surface area contributed by atoms with E-state index in [2.05, 4.69) is 56.4 Å². The van der Waals surface area contributed by atoms with Crippen LogP contribution in [0.1, 0.15) is 25.0 Å². The molecule has 20 heavy (non-hydrogen) atoms. The van der Waals surface area contributed by atoms with Gasteiger partial charge in [0, 0.05) is 27.4 Å². The van der Waals surface area contributed by atoms with E-state index in [1.54, 1.807) is 11.8 Å². The Labute approximate surface area is 130 Å². The van der Waals surface area contributed by atoms with E-state index in [1.807, 2.05) is 12.1 Å². The van der Waals surface area contributed by atoms with E-state index in [1.165, 1.54) is 20.9 Å². The van der Waals surface area contributed by atoms with Gasteiger partial charge < -0.3 is 5.32 Å². The molecule has 0 aromatic heterocycles. The largest absolute Gasteiger partial charge is 0.310 e. The molecular weight excluding hydrogens is 286 g/mol. The van der Waals surface area contributed by atoms with Gasteiger partial charge in [0.1, 0.15) is 0 Å². The molecule has 1 nitrogen and oxygen atoms in total. The molecule has 0 bridgehead atoms. The number of nitrogens with one attached hydrogen (secondary N) is 1. The fraction of sp³-hybridized carbons (Fsp3) is 0.294. The second-order valence-corrected chi connectivity index (χ2v) is 6.75. The van der Waals surface area contributed by atoms with E-state index >= 15 is 0 Å². The molecule has 3 heteroatoms. The van der Waals surface area contributed by atoms with Gasteiger partial charge in [-0.25, -0.2) is 0 Å². The fourth-order valence-corrected chi connectivity index (χ4v) is 2.94. The summed E-state index contributed by atoms with van der Waals surface area (Å²) in [6.07, 6.45) is 0. The molecule has 0 saturated carbocycles. The first kappa shape index (κ1) is 15.4. The number of aryl methyl sites for hydroxylation is 1. The summed E-state index contributed by atoms with van der Waals surface area (Å²) in [6, 6.07) is 15.1. The van der Waals surface area contributed by atoms with Crippen LogP contribution in [-0.4, -0.2) is 6.04 Å². The Morgan fingerprint density at radius 1 is 1.10 bits per heavy atom. The average molecular weight is 306 g/mol. The molecule has 2 aromatic carbocycles. The Bertz CT molecular complexity index is 564. The zero-order valence-electron chi connectivity index (χ0n) is 12.1. The number of halogens is 1. The molecule has 0 fully saturated rings. The highest BCUT2D eigenvalue weighted by molar-refractivity contribution is 7.99. The molecule has 0 unspecified atom stereocenters. The Hall–Kier alpha value is -0.960. The Morgan fingerprint density at radius 2 is 1.80 bits per heavy atom.